The van der Waals surface area contributed by atoms with E-state index in [-0.39, 0.29) is 12.2 Å². The first-order chi connectivity index (χ1) is 7.20. The van der Waals surface area contributed by atoms with Crippen LogP contribution in [0.25, 0.3) is 0 Å². The smallest absolute Gasteiger partial charge is 0.0540 e. The Morgan fingerprint density at radius 1 is 0.667 bits per heavy atom. The van der Waals surface area contributed by atoms with E-state index in [9.17, 15) is 10.2 Å². The predicted octanol–water partition coefficient (Wildman–Crippen LogP) is 3.26. The van der Waals surface area contributed by atoms with Gasteiger partial charge in [0.1, 0.15) is 0 Å². The highest BCUT2D eigenvalue weighted by Crippen LogP contribution is 2.12. The average Bonchev–Trinajstić information content (AvgIpc) is 2.23. The summed E-state index contributed by atoms with van der Waals surface area (Å²) >= 11 is 0. The quantitative estimate of drug-likeness (QED) is 0.588. The monoisotopic (exact) mass is 216 g/mol. The second-order valence-electron chi connectivity index (χ2n) is 4.52. The van der Waals surface area contributed by atoms with Gasteiger partial charge < -0.3 is 10.2 Å². The van der Waals surface area contributed by atoms with Crippen LogP contribution in [0.3, 0.4) is 0 Å². The third kappa shape index (κ3) is 10.2. The molecule has 0 spiro atoms. The lowest BCUT2D eigenvalue weighted by Gasteiger charge is -2.12. The molecule has 0 amide bonds. The molecule has 2 N–H and O–H groups in total. The van der Waals surface area contributed by atoms with E-state index in [4.69, 9.17) is 0 Å². The zero-order chi connectivity index (χ0) is 11.5. The van der Waals surface area contributed by atoms with Crippen molar-refractivity contribution in [3.63, 3.8) is 0 Å². The molecular weight excluding hydrogens is 188 g/mol. The van der Waals surface area contributed by atoms with Crippen molar-refractivity contribution in [2.75, 3.05) is 0 Å². The van der Waals surface area contributed by atoms with E-state index in [1.165, 1.54) is 0 Å². The SMILES string of the molecule is CCCCC(O)CCCC(O)CCCC. The van der Waals surface area contributed by atoms with Gasteiger partial charge in [0.2, 0.25) is 0 Å². The number of hydrogen-bond donors (Lipinski definition) is 2. The first-order valence-electron chi connectivity index (χ1n) is 6.56. The van der Waals surface area contributed by atoms with Crippen LogP contribution in [0, 0.1) is 0 Å². The zero-order valence-corrected chi connectivity index (χ0v) is 10.4. The fourth-order valence-electron chi connectivity index (χ4n) is 1.76. The van der Waals surface area contributed by atoms with Gasteiger partial charge in [0.05, 0.1) is 12.2 Å². The third-order valence-corrected chi connectivity index (χ3v) is 2.86. The minimum Gasteiger partial charge on any atom is -0.393 e. The van der Waals surface area contributed by atoms with E-state index >= 15 is 0 Å². The Labute approximate surface area is 94.7 Å². The summed E-state index contributed by atoms with van der Waals surface area (Å²) in [4.78, 5) is 0. The summed E-state index contributed by atoms with van der Waals surface area (Å²) in [5.41, 5.74) is 0. The first-order valence-corrected chi connectivity index (χ1v) is 6.56. The van der Waals surface area contributed by atoms with Crippen LogP contribution in [0.4, 0.5) is 0 Å². The molecule has 2 nitrogen and oxygen atoms in total. The van der Waals surface area contributed by atoms with Crippen molar-refractivity contribution in [3.05, 3.63) is 0 Å². The van der Waals surface area contributed by atoms with Gasteiger partial charge in [-0.15, -0.1) is 0 Å². The molecule has 0 aliphatic rings. The van der Waals surface area contributed by atoms with Crippen molar-refractivity contribution in [3.8, 4) is 0 Å². The summed E-state index contributed by atoms with van der Waals surface area (Å²) in [6.45, 7) is 4.28. The van der Waals surface area contributed by atoms with Crippen LogP contribution in [0.1, 0.15) is 71.6 Å². The standard InChI is InChI=1S/C13H28O2/c1-3-5-8-12(14)10-7-11-13(15)9-6-4-2/h12-15H,3-11H2,1-2H3. The Bertz CT molecular complexity index is 112. The molecule has 0 fully saturated rings. The maximum absolute atomic E-state index is 9.59. The van der Waals surface area contributed by atoms with Gasteiger partial charge in [-0.05, 0) is 32.1 Å². The first kappa shape index (κ1) is 14.9. The number of hydrogen-bond acceptors (Lipinski definition) is 2. The Morgan fingerprint density at radius 2 is 1.00 bits per heavy atom. The van der Waals surface area contributed by atoms with Gasteiger partial charge in [-0.1, -0.05) is 39.5 Å². The molecular formula is C13H28O2. The molecule has 92 valence electrons. The van der Waals surface area contributed by atoms with Crippen molar-refractivity contribution < 1.29 is 10.2 Å². The lowest BCUT2D eigenvalue weighted by atomic mass is 10.0. The highest BCUT2D eigenvalue weighted by molar-refractivity contribution is 4.60. The van der Waals surface area contributed by atoms with Gasteiger partial charge in [-0.25, -0.2) is 0 Å². The molecule has 0 saturated carbocycles. The van der Waals surface area contributed by atoms with E-state index in [0.717, 1.165) is 57.8 Å². The Balaban J connectivity index is 3.27. The van der Waals surface area contributed by atoms with Crippen molar-refractivity contribution in [2.45, 2.75) is 83.8 Å². The van der Waals surface area contributed by atoms with E-state index in [1.807, 2.05) is 0 Å². The molecule has 15 heavy (non-hydrogen) atoms. The van der Waals surface area contributed by atoms with Crippen molar-refractivity contribution in [1.29, 1.82) is 0 Å². The molecule has 0 radical (unpaired) electrons. The molecule has 0 aliphatic carbocycles. The van der Waals surface area contributed by atoms with Crippen molar-refractivity contribution in [2.24, 2.45) is 0 Å². The Hall–Kier alpha value is -0.0800. The summed E-state index contributed by atoms with van der Waals surface area (Å²) in [6.07, 6.45) is 8.71. The highest BCUT2D eigenvalue weighted by atomic mass is 16.3. The van der Waals surface area contributed by atoms with E-state index in [2.05, 4.69) is 13.8 Å². The maximum Gasteiger partial charge on any atom is 0.0540 e. The molecule has 0 aromatic carbocycles. The molecule has 0 bridgehead atoms. The normalized spacial score (nSPS) is 15.2. The topological polar surface area (TPSA) is 40.5 Å². The molecule has 0 aliphatic heterocycles. The summed E-state index contributed by atoms with van der Waals surface area (Å²) in [5.74, 6) is 0. The number of aliphatic hydroxyl groups excluding tert-OH is 2. The highest BCUT2D eigenvalue weighted by Gasteiger charge is 2.06. The van der Waals surface area contributed by atoms with Crippen LogP contribution >= 0.6 is 0 Å². The summed E-state index contributed by atoms with van der Waals surface area (Å²) in [6, 6.07) is 0. The molecule has 0 rings (SSSR count). The lowest BCUT2D eigenvalue weighted by molar-refractivity contribution is 0.122. The van der Waals surface area contributed by atoms with Crippen LogP contribution in [-0.2, 0) is 0 Å². The maximum atomic E-state index is 9.59. The second-order valence-corrected chi connectivity index (χ2v) is 4.52. The zero-order valence-electron chi connectivity index (χ0n) is 10.4. The predicted molar refractivity (Wildman–Crippen MR) is 64.9 cm³/mol. The summed E-state index contributed by atoms with van der Waals surface area (Å²) in [7, 11) is 0. The van der Waals surface area contributed by atoms with Crippen LogP contribution in [0.5, 0.6) is 0 Å². The second kappa shape index (κ2) is 10.4. The fourth-order valence-corrected chi connectivity index (χ4v) is 1.76. The minimum atomic E-state index is -0.150. The largest absolute Gasteiger partial charge is 0.393 e. The van der Waals surface area contributed by atoms with E-state index < -0.39 is 0 Å². The van der Waals surface area contributed by atoms with Crippen molar-refractivity contribution >= 4 is 0 Å². The van der Waals surface area contributed by atoms with Crippen LogP contribution < -0.4 is 0 Å². The number of rotatable bonds is 10. The molecule has 2 atom stereocenters. The van der Waals surface area contributed by atoms with Crippen molar-refractivity contribution in [1.82, 2.24) is 0 Å². The van der Waals surface area contributed by atoms with Gasteiger partial charge in [0.15, 0.2) is 0 Å². The van der Waals surface area contributed by atoms with Crippen LogP contribution in [0.2, 0.25) is 0 Å². The molecule has 0 aromatic rings. The Kier molecular flexibility index (Phi) is 10.4. The third-order valence-electron chi connectivity index (χ3n) is 2.86. The minimum absolute atomic E-state index is 0.150. The van der Waals surface area contributed by atoms with Gasteiger partial charge in [0, 0.05) is 0 Å². The number of unbranched alkanes of at least 4 members (excludes halogenated alkanes) is 2. The van der Waals surface area contributed by atoms with E-state index in [1.54, 1.807) is 0 Å². The van der Waals surface area contributed by atoms with Gasteiger partial charge >= 0.3 is 0 Å². The van der Waals surface area contributed by atoms with E-state index in [0.29, 0.717) is 0 Å². The molecule has 0 heterocycles. The lowest BCUT2D eigenvalue weighted by Crippen LogP contribution is -2.10. The molecule has 0 aromatic heterocycles. The molecule has 0 saturated heterocycles. The molecule has 2 unspecified atom stereocenters. The Morgan fingerprint density at radius 3 is 1.33 bits per heavy atom. The van der Waals surface area contributed by atoms with Gasteiger partial charge in [-0.3, -0.25) is 0 Å². The molecule has 2 heteroatoms. The summed E-state index contributed by atoms with van der Waals surface area (Å²) < 4.78 is 0. The fraction of sp³-hybridized carbons (Fsp3) is 1.00. The van der Waals surface area contributed by atoms with Crippen LogP contribution in [0.15, 0.2) is 0 Å². The number of aliphatic hydroxyl groups is 2. The summed E-state index contributed by atoms with van der Waals surface area (Å²) in [5, 5.41) is 19.2. The van der Waals surface area contributed by atoms with Crippen LogP contribution in [-0.4, -0.2) is 22.4 Å². The van der Waals surface area contributed by atoms with Gasteiger partial charge in [-0.2, -0.15) is 0 Å². The van der Waals surface area contributed by atoms with Gasteiger partial charge in [0.25, 0.3) is 0 Å². The average molecular weight is 216 g/mol.